The monoisotopic (exact) mass is 320 g/mol. The van der Waals surface area contributed by atoms with Gasteiger partial charge in [-0.2, -0.15) is 0 Å². The number of rotatable bonds is 6. The van der Waals surface area contributed by atoms with Gasteiger partial charge in [0.25, 0.3) is 0 Å². The fraction of sp³-hybridized carbons (Fsp3) is 0.529. The third kappa shape index (κ3) is 4.77. The molecule has 1 atom stereocenters. The fourth-order valence-corrected chi connectivity index (χ4v) is 3.08. The van der Waals surface area contributed by atoms with Crippen molar-refractivity contribution in [2.45, 2.75) is 25.8 Å². The second-order valence-corrected chi connectivity index (χ2v) is 6.25. The summed E-state index contributed by atoms with van der Waals surface area (Å²) in [7, 11) is 2.10. The van der Waals surface area contributed by atoms with E-state index in [1.807, 2.05) is 31.2 Å². The van der Waals surface area contributed by atoms with Crippen molar-refractivity contribution in [3.05, 3.63) is 29.8 Å². The van der Waals surface area contributed by atoms with Crippen molar-refractivity contribution in [1.29, 1.82) is 0 Å². The second-order valence-electron chi connectivity index (χ2n) is 6.25. The Hall–Kier alpha value is -1.92. The van der Waals surface area contributed by atoms with Gasteiger partial charge >= 0.3 is 0 Å². The summed E-state index contributed by atoms with van der Waals surface area (Å²) in [6.07, 6.45) is 0.765. The minimum absolute atomic E-state index is 0.0469. The summed E-state index contributed by atoms with van der Waals surface area (Å²) >= 11 is 0. The Morgan fingerprint density at radius 1 is 1.22 bits per heavy atom. The first-order chi connectivity index (χ1) is 11.0. The van der Waals surface area contributed by atoms with E-state index in [0.717, 1.165) is 48.8 Å². The lowest BCUT2D eigenvalue weighted by atomic mass is 10.1. The molecule has 0 aromatic heterocycles. The van der Waals surface area contributed by atoms with Crippen LogP contribution in [-0.2, 0) is 16.0 Å². The van der Waals surface area contributed by atoms with E-state index in [1.165, 1.54) is 4.90 Å². The summed E-state index contributed by atoms with van der Waals surface area (Å²) < 4.78 is 0. The number of aryl methyl sites for hydroxylation is 1. The average Bonchev–Trinajstić information content (AvgIpc) is 2.54. The highest BCUT2D eigenvalue weighted by Gasteiger charge is 2.30. The summed E-state index contributed by atoms with van der Waals surface area (Å²) in [5.74, 6) is -1.41. The van der Waals surface area contributed by atoms with E-state index in [4.69, 9.17) is 0 Å². The van der Waals surface area contributed by atoms with Crippen LogP contribution < -0.4 is 20.2 Å². The predicted octanol–water partition coefficient (Wildman–Crippen LogP) is -2.89. The molecule has 0 aliphatic carbocycles. The minimum atomic E-state index is -1.14. The van der Waals surface area contributed by atoms with Crippen LogP contribution in [0, 0.1) is 0 Å². The zero-order valence-electron chi connectivity index (χ0n) is 13.9. The highest BCUT2D eigenvalue weighted by atomic mass is 16.4. The van der Waals surface area contributed by atoms with Gasteiger partial charge in [0.05, 0.1) is 19.4 Å². The van der Waals surface area contributed by atoms with Gasteiger partial charge in [0, 0.05) is 5.69 Å². The third-order valence-electron chi connectivity index (χ3n) is 4.58. The maximum Gasteiger partial charge on any atom is 0.230 e. The van der Waals surface area contributed by atoms with Gasteiger partial charge in [-0.15, -0.1) is 0 Å². The molecule has 1 aromatic rings. The first-order valence-corrected chi connectivity index (χ1v) is 8.25. The van der Waals surface area contributed by atoms with Crippen LogP contribution in [0.3, 0.4) is 0 Å². The summed E-state index contributed by atoms with van der Waals surface area (Å²) in [5, 5.41) is 14.3. The number of carboxylic acids is 1. The van der Waals surface area contributed by atoms with Crippen LogP contribution in [0.25, 0.3) is 0 Å². The maximum absolute atomic E-state index is 12.3. The van der Waals surface area contributed by atoms with Gasteiger partial charge in [-0.05, 0) is 18.1 Å². The topological polar surface area (TPSA) is 78.1 Å². The first kappa shape index (κ1) is 17.4. The SMILES string of the molecule is CCc1ccccc1NC(=O)C[C@@H](C(=O)[O-])[NH+]1CC[NH+](C)CC1. The van der Waals surface area contributed by atoms with E-state index in [0.29, 0.717) is 0 Å². The number of nitrogens with one attached hydrogen (secondary N) is 3. The van der Waals surface area contributed by atoms with E-state index in [9.17, 15) is 14.7 Å². The van der Waals surface area contributed by atoms with Crippen molar-refractivity contribution in [3.63, 3.8) is 0 Å². The van der Waals surface area contributed by atoms with Gasteiger partial charge in [0.15, 0.2) is 0 Å². The Bertz CT molecular complexity index is 554. The molecule has 1 aliphatic rings. The number of quaternary nitrogens is 2. The molecule has 6 heteroatoms. The standard InChI is InChI=1S/C17H25N3O3/c1-3-13-6-4-5-7-14(13)18-16(21)12-15(17(22)23)20-10-8-19(2)9-11-20/h4-7,15H,3,8-12H2,1-2H3,(H,18,21)(H,22,23)/p+1/t15-/m0/s1. The Labute approximate surface area is 137 Å². The lowest BCUT2D eigenvalue weighted by Gasteiger charge is -2.33. The molecule has 0 unspecified atom stereocenters. The van der Waals surface area contributed by atoms with Crippen LogP contribution in [0.1, 0.15) is 18.9 Å². The van der Waals surface area contributed by atoms with Gasteiger partial charge in [-0.25, -0.2) is 0 Å². The lowest BCUT2D eigenvalue weighted by Crippen LogP contribution is -3.29. The first-order valence-electron chi connectivity index (χ1n) is 8.25. The number of likely N-dealkylation sites (N-methyl/N-ethyl adjacent to an activating group) is 1. The van der Waals surface area contributed by atoms with Gasteiger partial charge in [-0.1, -0.05) is 25.1 Å². The van der Waals surface area contributed by atoms with Gasteiger partial charge in [-0.3, -0.25) is 4.79 Å². The van der Waals surface area contributed by atoms with Crippen molar-refractivity contribution >= 4 is 17.6 Å². The van der Waals surface area contributed by atoms with E-state index in [1.54, 1.807) is 0 Å². The minimum Gasteiger partial charge on any atom is -0.544 e. The summed E-state index contributed by atoms with van der Waals surface area (Å²) in [6, 6.07) is 6.81. The summed E-state index contributed by atoms with van der Waals surface area (Å²) in [4.78, 5) is 26.1. The Morgan fingerprint density at radius 3 is 2.48 bits per heavy atom. The smallest absolute Gasteiger partial charge is 0.230 e. The average molecular weight is 320 g/mol. The van der Waals surface area contributed by atoms with Crippen LogP contribution in [0.15, 0.2) is 24.3 Å². The molecule has 6 nitrogen and oxygen atoms in total. The van der Waals surface area contributed by atoms with E-state index < -0.39 is 12.0 Å². The molecular weight excluding hydrogens is 294 g/mol. The molecular formula is C17H26N3O3+. The van der Waals surface area contributed by atoms with E-state index >= 15 is 0 Å². The lowest BCUT2D eigenvalue weighted by molar-refractivity contribution is -1.01. The molecule has 23 heavy (non-hydrogen) atoms. The molecule has 0 spiro atoms. The fourth-order valence-electron chi connectivity index (χ4n) is 3.08. The Morgan fingerprint density at radius 2 is 1.87 bits per heavy atom. The number of carboxylic acid groups (broad SMARTS) is 1. The Kier molecular flexibility index (Phi) is 6.12. The molecule has 0 saturated carbocycles. The van der Waals surface area contributed by atoms with E-state index in [2.05, 4.69) is 12.4 Å². The van der Waals surface area contributed by atoms with E-state index in [-0.39, 0.29) is 12.3 Å². The number of hydrogen-bond acceptors (Lipinski definition) is 3. The van der Waals surface area contributed by atoms with Gasteiger partial charge < -0.3 is 25.0 Å². The second kappa shape index (κ2) is 8.08. The predicted molar refractivity (Wildman–Crippen MR) is 85.2 cm³/mol. The van der Waals surface area contributed by atoms with Crippen molar-refractivity contribution in [1.82, 2.24) is 0 Å². The quantitative estimate of drug-likeness (QED) is 0.527. The molecule has 1 fully saturated rings. The number of piperazine rings is 1. The van der Waals surface area contributed by atoms with Crippen LogP contribution in [0.4, 0.5) is 5.69 Å². The summed E-state index contributed by atoms with van der Waals surface area (Å²) in [5.41, 5.74) is 1.80. The molecule has 1 aromatic carbocycles. The molecule has 1 saturated heterocycles. The van der Waals surface area contributed by atoms with Crippen LogP contribution in [0.2, 0.25) is 0 Å². The maximum atomic E-state index is 12.3. The van der Waals surface area contributed by atoms with Crippen molar-refractivity contribution < 1.29 is 24.5 Å². The number of hydrogen-bond donors (Lipinski definition) is 3. The van der Waals surface area contributed by atoms with Crippen LogP contribution >= 0.6 is 0 Å². The zero-order valence-corrected chi connectivity index (χ0v) is 13.9. The largest absolute Gasteiger partial charge is 0.544 e. The molecule has 0 bridgehead atoms. The summed E-state index contributed by atoms with van der Waals surface area (Å²) in [6.45, 7) is 5.36. The van der Waals surface area contributed by atoms with Crippen LogP contribution in [-0.4, -0.2) is 51.1 Å². The molecule has 1 amide bonds. The van der Waals surface area contributed by atoms with Crippen molar-refractivity contribution in [2.24, 2.45) is 0 Å². The number of aliphatic carboxylic acids is 1. The number of amides is 1. The molecule has 0 radical (unpaired) electrons. The van der Waals surface area contributed by atoms with Crippen molar-refractivity contribution in [3.8, 4) is 0 Å². The molecule has 3 N–H and O–H groups in total. The third-order valence-corrected chi connectivity index (χ3v) is 4.58. The highest BCUT2D eigenvalue weighted by molar-refractivity contribution is 5.94. The normalized spacial score (nSPS) is 22.3. The van der Waals surface area contributed by atoms with Gasteiger partial charge in [0.1, 0.15) is 32.2 Å². The number of carbonyl (C=O) groups excluding carboxylic acids is 2. The highest BCUT2D eigenvalue weighted by Crippen LogP contribution is 2.15. The Balaban J connectivity index is 1.99. The molecule has 126 valence electrons. The molecule has 1 aliphatic heterocycles. The van der Waals surface area contributed by atoms with Gasteiger partial charge in [0.2, 0.25) is 5.91 Å². The number of anilines is 1. The van der Waals surface area contributed by atoms with Crippen LogP contribution in [0.5, 0.6) is 0 Å². The number of carbonyl (C=O) groups is 2. The zero-order chi connectivity index (χ0) is 16.8. The molecule has 2 rings (SSSR count). The number of benzene rings is 1. The molecule has 1 heterocycles. The van der Waals surface area contributed by atoms with Crippen molar-refractivity contribution in [2.75, 3.05) is 38.5 Å². The number of para-hydroxylation sites is 1.